The van der Waals surface area contributed by atoms with Crippen LogP contribution in [0.1, 0.15) is 18.0 Å². The van der Waals surface area contributed by atoms with E-state index in [1.807, 2.05) is 6.07 Å². The van der Waals surface area contributed by atoms with Gasteiger partial charge >= 0.3 is 0 Å². The molecule has 0 fully saturated rings. The Morgan fingerprint density at radius 2 is 1.87 bits per heavy atom. The summed E-state index contributed by atoms with van der Waals surface area (Å²) in [6.07, 6.45) is 0.254. The van der Waals surface area contributed by atoms with Gasteiger partial charge in [0.2, 0.25) is 0 Å². The number of nitrogens with two attached hydrogens (primary N) is 1. The lowest BCUT2D eigenvalue weighted by molar-refractivity contribution is 0.468. The second kappa shape index (κ2) is 6.33. The van der Waals surface area contributed by atoms with E-state index in [2.05, 4.69) is 31.9 Å². The van der Waals surface area contributed by atoms with E-state index in [1.165, 1.54) is 0 Å². The molecule has 0 bridgehead atoms. The minimum Gasteiger partial charge on any atom is -0.506 e. The Labute approximate surface area is 111 Å². The Kier molecular flexibility index (Phi) is 6.22. The summed E-state index contributed by atoms with van der Waals surface area (Å²) in [5.41, 5.74) is 6.56. The van der Waals surface area contributed by atoms with Crippen molar-refractivity contribution in [2.75, 3.05) is 0 Å². The number of benzene rings is 1. The maximum absolute atomic E-state index is 9.44. The quantitative estimate of drug-likeness (QED) is 0.854. The fraction of sp³-hybridized carbons (Fsp3) is 0.222. The zero-order valence-electron chi connectivity index (χ0n) is 7.58. The number of hydrogen-bond donors (Lipinski definition) is 2. The van der Waals surface area contributed by atoms with Crippen molar-refractivity contribution in [3.63, 3.8) is 0 Å². The molecule has 3 N–H and O–H groups in total. The predicted molar refractivity (Wildman–Crippen MR) is 67.9 cm³/mol. The predicted octanol–water partition coefficient (Wildman–Crippen LogP) is 3.25. The van der Waals surface area contributed by atoms with Crippen molar-refractivity contribution in [1.29, 1.82) is 5.26 Å². The number of nitriles is 1. The molecule has 0 spiro atoms. The Morgan fingerprint density at radius 1 is 1.40 bits per heavy atom. The maximum atomic E-state index is 9.44. The molecule has 0 aromatic heterocycles. The number of phenolic OH excluding ortho intramolecular Hbond substituents is 1. The molecule has 0 aliphatic carbocycles. The normalized spacial score (nSPS) is 11.3. The lowest BCUT2D eigenvalue weighted by Gasteiger charge is -2.10. The Hall–Kier alpha value is -0.280. The van der Waals surface area contributed by atoms with E-state index in [9.17, 15) is 5.11 Å². The molecule has 82 valence electrons. The highest BCUT2D eigenvalue weighted by Crippen LogP contribution is 2.35. The average Bonchev–Trinajstić information content (AvgIpc) is 2.13. The van der Waals surface area contributed by atoms with Crippen LogP contribution in [-0.2, 0) is 0 Å². The van der Waals surface area contributed by atoms with Crippen LogP contribution < -0.4 is 5.73 Å². The SMILES string of the molecule is Cl.N#CC[C@@H](N)c1cc(Br)c(O)c(Br)c1. The van der Waals surface area contributed by atoms with Gasteiger partial charge in [-0.1, -0.05) is 0 Å². The molecule has 0 unspecified atom stereocenters. The van der Waals surface area contributed by atoms with Crippen LogP contribution >= 0.6 is 44.3 Å². The molecule has 3 nitrogen and oxygen atoms in total. The van der Waals surface area contributed by atoms with Crippen LogP contribution in [0, 0.1) is 11.3 Å². The summed E-state index contributed by atoms with van der Waals surface area (Å²) >= 11 is 6.40. The first kappa shape index (κ1) is 14.7. The highest BCUT2D eigenvalue weighted by molar-refractivity contribution is 9.11. The minimum atomic E-state index is -0.326. The molecule has 1 aromatic carbocycles. The smallest absolute Gasteiger partial charge is 0.143 e. The zero-order chi connectivity index (χ0) is 10.7. The molecule has 1 aromatic rings. The second-order valence-electron chi connectivity index (χ2n) is 2.80. The molecular formula is C9H9Br2ClN2O. The van der Waals surface area contributed by atoms with E-state index in [0.29, 0.717) is 8.95 Å². The van der Waals surface area contributed by atoms with Crippen molar-refractivity contribution in [2.45, 2.75) is 12.5 Å². The number of halogens is 3. The molecule has 1 atom stereocenters. The third-order valence-corrected chi connectivity index (χ3v) is 2.99. The van der Waals surface area contributed by atoms with Crippen LogP contribution in [0.4, 0.5) is 0 Å². The van der Waals surface area contributed by atoms with Crippen LogP contribution in [0.3, 0.4) is 0 Å². The van der Waals surface area contributed by atoms with Crippen LogP contribution in [0.25, 0.3) is 0 Å². The van der Waals surface area contributed by atoms with Gasteiger partial charge in [-0.05, 0) is 49.6 Å². The second-order valence-corrected chi connectivity index (χ2v) is 4.51. The standard InChI is InChI=1S/C9H8Br2N2O.ClH/c10-6-3-5(8(13)1-2-12)4-7(11)9(6)14;/h3-4,8,14H,1,13H2;1H/t8-;/m1./s1. The topological polar surface area (TPSA) is 70.0 Å². The van der Waals surface area contributed by atoms with E-state index in [0.717, 1.165) is 5.56 Å². The molecule has 0 heterocycles. The molecule has 6 heteroatoms. The number of nitrogens with zero attached hydrogens (tertiary/aromatic N) is 1. The molecule has 0 radical (unpaired) electrons. The van der Waals surface area contributed by atoms with Gasteiger partial charge in [0, 0.05) is 6.04 Å². The van der Waals surface area contributed by atoms with Crippen LogP contribution in [0.15, 0.2) is 21.1 Å². The Balaban J connectivity index is 0.00000196. The van der Waals surface area contributed by atoms with Gasteiger partial charge in [-0.15, -0.1) is 12.4 Å². The summed E-state index contributed by atoms with van der Waals surface area (Å²) in [5, 5.41) is 17.9. The van der Waals surface area contributed by atoms with Crippen molar-refractivity contribution >= 4 is 44.3 Å². The molecular weight excluding hydrogens is 347 g/mol. The van der Waals surface area contributed by atoms with Gasteiger partial charge in [-0.2, -0.15) is 5.26 Å². The highest BCUT2D eigenvalue weighted by atomic mass is 79.9. The third-order valence-electron chi connectivity index (χ3n) is 1.78. The van der Waals surface area contributed by atoms with Crippen molar-refractivity contribution in [2.24, 2.45) is 5.73 Å². The van der Waals surface area contributed by atoms with E-state index in [4.69, 9.17) is 11.0 Å². The van der Waals surface area contributed by atoms with Gasteiger partial charge in [0.15, 0.2) is 0 Å². The van der Waals surface area contributed by atoms with Gasteiger partial charge in [0.25, 0.3) is 0 Å². The van der Waals surface area contributed by atoms with E-state index in [1.54, 1.807) is 12.1 Å². The van der Waals surface area contributed by atoms with Crippen LogP contribution in [0.5, 0.6) is 5.75 Å². The molecule has 0 saturated carbocycles. The van der Waals surface area contributed by atoms with Gasteiger partial charge < -0.3 is 10.8 Å². The first-order valence-corrected chi connectivity index (χ1v) is 5.45. The highest BCUT2D eigenvalue weighted by Gasteiger charge is 2.10. The number of rotatable bonds is 2. The fourth-order valence-corrected chi connectivity index (χ4v) is 2.24. The summed E-state index contributed by atoms with van der Waals surface area (Å²) in [5.74, 6) is 0.137. The summed E-state index contributed by atoms with van der Waals surface area (Å²) in [6.45, 7) is 0. The van der Waals surface area contributed by atoms with E-state index < -0.39 is 0 Å². The number of phenols is 1. The zero-order valence-corrected chi connectivity index (χ0v) is 11.6. The van der Waals surface area contributed by atoms with Gasteiger partial charge in [-0.3, -0.25) is 0 Å². The van der Waals surface area contributed by atoms with Crippen LogP contribution in [0.2, 0.25) is 0 Å². The average molecular weight is 356 g/mol. The minimum absolute atomic E-state index is 0. The van der Waals surface area contributed by atoms with Crippen molar-refractivity contribution in [1.82, 2.24) is 0 Å². The molecule has 0 amide bonds. The van der Waals surface area contributed by atoms with Gasteiger partial charge in [-0.25, -0.2) is 0 Å². The third kappa shape index (κ3) is 3.65. The van der Waals surface area contributed by atoms with Crippen molar-refractivity contribution in [3.8, 4) is 11.8 Å². The van der Waals surface area contributed by atoms with E-state index >= 15 is 0 Å². The first-order chi connectivity index (χ1) is 6.56. The fourth-order valence-electron chi connectivity index (χ4n) is 1.02. The first-order valence-electron chi connectivity index (χ1n) is 3.86. The maximum Gasteiger partial charge on any atom is 0.143 e. The summed E-state index contributed by atoms with van der Waals surface area (Å²) < 4.78 is 1.13. The van der Waals surface area contributed by atoms with Crippen molar-refractivity contribution in [3.05, 3.63) is 26.6 Å². The molecule has 0 saturated heterocycles. The van der Waals surface area contributed by atoms with Gasteiger partial charge in [0.1, 0.15) is 5.75 Å². The Bertz CT molecular complexity index is 369. The summed E-state index contributed by atoms with van der Waals surface area (Å²) in [7, 11) is 0. The largest absolute Gasteiger partial charge is 0.506 e. The number of hydrogen-bond acceptors (Lipinski definition) is 3. The monoisotopic (exact) mass is 354 g/mol. The van der Waals surface area contributed by atoms with Gasteiger partial charge in [0.05, 0.1) is 21.4 Å². The van der Waals surface area contributed by atoms with E-state index in [-0.39, 0.29) is 30.6 Å². The lowest BCUT2D eigenvalue weighted by Crippen LogP contribution is -2.09. The summed E-state index contributed by atoms with van der Waals surface area (Å²) in [6, 6.07) is 5.10. The molecule has 1 rings (SSSR count). The lowest BCUT2D eigenvalue weighted by atomic mass is 10.1. The summed E-state index contributed by atoms with van der Waals surface area (Å²) in [4.78, 5) is 0. The Morgan fingerprint density at radius 3 is 2.27 bits per heavy atom. The molecule has 15 heavy (non-hydrogen) atoms. The number of aromatic hydroxyl groups is 1. The van der Waals surface area contributed by atoms with Crippen molar-refractivity contribution < 1.29 is 5.11 Å². The molecule has 0 aliphatic rings. The molecule has 0 aliphatic heterocycles. The van der Waals surface area contributed by atoms with Crippen LogP contribution in [-0.4, -0.2) is 5.11 Å².